The zero-order chi connectivity index (χ0) is 21.3. The summed E-state index contributed by atoms with van der Waals surface area (Å²) >= 11 is 1.18. The van der Waals surface area contributed by atoms with E-state index in [0.717, 1.165) is 22.6 Å². The number of hydrogen-bond donors (Lipinski definition) is 3. The van der Waals surface area contributed by atoms with Crippen LogP contribution in [-0.4, -0.2) is 39.4 Å². The van der Waals surface area contributed by atoms with Crippen molar-refractivity contribution < 1.29 is 9.53 Å². The van der Waals surface area contributed by atoms with E-state index >= 15 is 0 Å². The van der Waals surface area contributed by atoms with E-state index in [1.165, 1.54) is 16.4 Å². The van der Waals surface area contributed by atoms with Crippen molar-refractivity contribution in [1.82, 2.24) is 14.9 Å². The number of carbonyl (C=O) groups excluding carboxylic acids is 1. The molecule has 9 nitrogen and oxygen atoms in total. The molecular weight excluding hydrogens is 402 g/mol. The highest BCUT2D eigenvalue weighted by Crippen LogP contribution is 2.18. The molecule has 1 amide bonds. The van der Waals surface area contributed by atoms with Gasteiger partial charge in [-0.15, -0.1) is 10.2 Å². The van der Waals surface area contributed by atoms with Gasteiger partial charge >= 0.3 is 0 Å². The van der Waals surface area contributed by atoms with Gasteiger partial charge in [-0.1, -0.05) is 23.9 Å². The van der Waals surface area contributed by atoms with E-state index in [0.29, 0.717) is 11.8 Å². The van der Waals surface area contributed by atoms with Crippen LogP contribution >= 0.6 is 11.8 Å². The second kappa shape index (κ2) is 10.3. The van der Waals surface area contributed by atoms with Crippen LogP contribution in [-0.2, 0) is 4.79 Å². The Balaban J connectivity index is 1.50. The van der Waals surface area contributed by atoms with Crippen LogP contribution in [0.2, 0.25) is 0 Å². The van der Waals surface area contributed by atoms with Gasteiger partial charge in [0.1, 0.15) is 5.75 Å². The third kappa shape index (κ3) is 5.98. The van der Waals surface area contributed by atoms with Crippen molar-refractivity contribution in [2.45, 2.75) is 19.0 Å². The number of nitrogens with two attached hydrogens (primary N) is 1. The molecule has 0 aliphatic carbocycles. The summed E-state index contributed by atoms with van der Waals surface area (Å²) in [6, 6.07) is 15.1. The zero-order valence-corrected chi connectivity index (χ0v) is 17.5. The number of hydrogen-bond acceptors (Lipinski definition) is 8. The number of rotatable bonds is 9. The predicted octanol–water partition coefficient (Wildman–Crippen LogP) is 2.88. The lowest BCUT2D eigenvalue weighted by molar-refractivity contribution is -0.113. The van der Waals surface area contributed by atoms with Gasteiger partial charge in [0, 0.05) is 5.69 Å². The lowest BCUT2D eigenvalue weighted by atomic mass is 10.2. The van der Waals surface area contributed by atoms with Gasteiger partial charge in [-0.25, -0.2) is 10.1 Å². The molecule has 0 radical (unpaired) electrons. The molecule has 30 heavy (non-hydrogen) atoms. The Kier molecular flexibility index (Phi) is 7.28. The summed E-state index contributed by atoms with van der Waals surface area (Å²) in [5.41, 5.74) is 5.45. The first-order valence-corrected chi connectivity index (χ1v) is 10.3. The van der Waals surface area contributed by atoms with Gasteiger partial charge in [-0.3, -0.25) is 4.79 Å². The van der Waals surface area contributed by atoms with Crippen LogP contribution in [0.25, 0.3) is 0 Å². The van der Waals surface area contributed by atoms with Gasteiger partial charge in [-0.05, 0) is 61.4 Å². The first-order valence-electron chi connectivity index (χ1n) is 9.27. The molecule has 0 unspecified atom stereocenters. The van der Waals surface area contributed by atoms with Gasteiger partial charge < -0.3 is 15.9 Å². The Labute approximate surface area is 178 Å². The number of anilines is 2. The third-order valence-electron chi connectivity index (χ3n) is 3.87. The molecule has 0 bridgehead atoms. The van der Waals surface area contributed by atoms with Crippen molar-refractivity contribution in [3.63, 3.8) is 0 Å². The Morgan fingerprint density at radius 3 is 2.80 bits per heavy atom. The second-order valence-electron chi connectivity index (χ2n) is 6.25. The zero-order valence-electron chi connectivity index (χ0n) is 16.7. The first kappa shape index (κ1) is 21.2. The highest BCUT2D eigenvalue weighted by atomic mass is 32.2. The number of hydrazone groups is 1. The third-order valence-corrected chi connectivity index (χ3v) is 4.81. The van der Waals surface area contributed by atoms with E-state index in [4.69, 9.17) is 10.6 Å². The molecule has 10 heteroatoms. The number of amides is 1. The average Bonchev–Trinajstić information content (AvgIpc) is 3.08. The molecule has 3 rings (SSSR count). The lowest BCUT2D eigenvalue weighted by Crippen LogP contribution is -2.16. The van der Waals surface area contributed by atoms with Crippen LogP contribution in [0.4, 0.5) is 11.6 Å². The number of carbonyl (C=O) groups is 1. The van der Waals surface area contributed by atoms with E-state index in [2.05, 4.69) is 26.0 Å². The van der Waals surface area contributed by atoms with Crippen LogP contribution in [0.15, 0.2) is 58.8 Å². The normalized spacial score (nSPS) is 10.9. The van der Waals surface area contributed by atoms with Crippen molar-refractivity contribution in [2.75, 3.05) is 28.9 Å². The maximum Gasteiger partial charge on any atom is 0.264 e. The fraction of sp³-hybridized carbons (Fsp3) is 0.200. The van der Waals surface area contributed by atoms with Gasteiger partial charge in [0.25, 0.3) is 5.95 Å². The van der Waals surface area contributed by atoms with Gasteiger partial charge in [0.15, 0.2) is 0 Å². The highest BCUT2D eigenvalue weighted by molar-refractivity contribution is 7.99. The number of aromatic nitrogens is 3. The van der Waals surface area contributed by atoms with Gasteiger partial charge in [0.2, 0.25) is 11.1 Å². The number of thioether (sulfide) groups is 1. The molecule has 1 aromatic heterocycles. The molecule has 0 spiro atoms. The monoisotopic (exact) mass is 425 g/mol. The fourth-order valence-corrected chi connectivity index (χ4v) is 3.14. The standard InChI is InChI=1S/C20H23N7O2S/c1-3-29-17-9-7-15(8-10-17)12-22-24-19-25-26-20(27(19)21)30-13-18(28)23-16-6-4-5-14(2)11-16/h4-12H,3,13,21H2,1-2H3,(H,23,28)(H,24,25)/b22-12+. The average molecular weight is 426 g/mol. The fourth-order valence-electron chi connectivity index (χ4n) is 2.48. The molecule has 0 saturated heterocycles. The molecule has 0 saturated carbocycles. The van der Waals surface area contributed by atoms with Crippen molar-refractivity contribution in [2.24, 2.45) is 5.10 Å². The largest absolute Gasteiger partial charge is 0.494 e. The van der Waals surface area contributed by atoms with Crippen molar-refractivity contribution in [3.05, 3.63) is 59.7 Å². The van der Waals surface area contributed by atoms with Crippen molar-refractivity contribution >= 4 is 35.5 Å². The first-order chi connectivity index (χ1) is 14.5. The summed E-state index contributed by atoms with van der Waals surface area (Å²) in [5.74, 6) is 7.04. The summed E-state index contributed by atoms with van der Waals surface area (Å²) < 4.78 is 6.65. The molecule has 4 N–H and O–H groups in total. The molecule has 3 aromatic rings. The van der Waals surface area contributed by atoms with Crippen molar-refractivity contribution in [3.8, 4) is 5.75 Å². The number of nitrogens with one attached hydrogen (secondary N) is 2. The quantitative estimate of drug-likeness (QED) is 0.209. The van der Waals surface area contributed by atoms with E-state index in [1.807, 2.05) is 62.4 Å². The minimum absolute atomic E-state index is 0.152. The Morgan fingerprint density at radius 1 is 1.27 bits per heavy atom. The van der Waals surface area contributed by atoms with E-state index in [-0.39, 0.29) is 17.6 Å². The number of nitrogens with zero attached hydrogens (tertiary/aromatic N) is 4. The van der Waals surface area contributed by atoms with Crippen LogP contribution in [0.1, 0.15) is 18.1 Å². The maximum atomic E-state index is 12.1. The summed E-state index contributed by atoms with van der Waals surface area (Å²) in [4.78, 5) is 12.1. The summed E-state index contributed by atoms with van der Waals surface area (Å²) in [7, 11) is 0. The Morgan fingerprint density at radius 2 is 2.07 bits per heavy atom. The minimum Gasteiger partial charge on any atom is -0.494 e. The predicted molar refractivity (Wildman–Crippen MR) is 120 cm³/mol. The lowest BCUT2D eigenvalue weighted by Gasteiger charge is -2.06. The summed E-state index contributed by atoms with van der Waals surface area (Å²) in [6.07, 6.45) is 1.63. The molecule has 0 fully saturated rings. The van der Waals surface area contributed by atoms with E-state index < -0.39 is 0 Å². The second-order valence-corrected chi connectivity index (χ2v) is 7.20. The van der Waals surface area contributed by atoms with Crippen LogP contribution < -0.4 is 21.3 Å². The van der Waals surface area contributed by atoms with E-state index in [1.54, 1.807) is 6.21 Å². The topological polar surface area (TPSA) is 119 Å². The molecule has 2 aromatic carbocycles. The minimum atomic E-state index is -0.156. The number of ether oxygens (including phenoxy) is 1. The Bertz CT molecular complexity index is 1020. The number of aryl methyl sites for hydroxylation is 1. The Hall–Kier alpha value is -3.53. The van der Waals surface area contributed by atoms with Crippen LogP contribution in [0, 0.1) is 6.92 Å². The summed E-state index contributed by atoms with van der Waals surface area (Å²) in [6.45, 7) is 4.52. The molecule has 0 aliphatic heterocycles. The smallest absolute Gasteiger partial charge is 0.264 e. The summed E-state index contributed by atoms with van der Waals surface area (Å²) in [5, 5.41) is 15.3. The number of benzene rings is 2. The van der Waals surface area contributed by atoms with Crippen LogP contribution in [0.5, 0.6) is 5.75 Å². The molecule has 156 valence electrons. The van der Waals surface area contributed by atoms with Gasteiger partial charge in [0.05, 0.1) is 18.6 Å². The molecular formula is C20H23N7O2S. The number of nitrogen functional groups attached to an aromatic ring is 1. The molecule has 0 aliphatic rings. The van der Waals surface area contributed by atoms with Crippen LogP contribution in [0.3, 0.4) is 0 Å². The maximum absolute atomic E-state index is 12.1. The van der Waals surface area contributed by atoms with E-state index in [9.17, 15) is 4.79 Å². The molecule has 0 atom stereocenters. The SMILES string of the molecule is CCOc1ccc(/C=N/Nc2nnc(SCC(=O)Nc3cccc(C)c3)n2N)cc1. The van der Waals surface area contributed by atoms with Crippen molar-refractivity contribution in [1.29, 1.82) is 0 Å². The molecule has 1 heterocycles. The highest BCUT2D eigenvalue weighted by Gasteiger charge is 2.12. The van der Waals surface area contributed by atoms with Gasteiger partial charge in [-0.2, -0.15) is 5.10 Å².